The van der Waals surface area contributed by atoms with Crippen LogP contribution < -0.4 is 5.32 Å². The summed E-state index contributed by atoms with van der Waals surface area (Å²) in [7, 11) is 0. The van der Waals surface area contributed by atoms with Crippen molar-refractivity contribution in [2.24, 2.45) is 0 Å². The summed E-state index contributed by atoms with van der Waals surface area (Å²) in [6.45, 7) is 0.325. The van der Waals surface area contributed by atoms with E-state index in [-0.39, 0.29) is 17.8 Å². The molecule has 164 valence electrons. The van der Waals surface area contributed by atoms with Gasteiger partial charge >= 0.3 is 0 Å². The third-order valence-electron chi connectivity index (χ3n) is 5.29. The Morgan fingerprint density at radius 2 is 1.88 bits per heavy atom. The molecule has 1 N–H and O–H groups in total. The number of amides is 1. The highest BCUT2D eigenvalue weighted by atomic mass is 79.9. The van der Waals surface area contributed by atoms with E-state index in [1.165, 1.54) is 6.07 Å². The molecule has 0 fully saturated rings. The molecule has 0 radical (unpaired) electrons. The number of carbonyl (C=O) groups excluding carboxylic acids is 1. The average molecular weight is 512 g/mol. The average Bonchev–Trinajstić information content (AvgIpc) is 3.17. The molecule has 4 aromatic rings. The number of nitrogens with one attached hydrogen (secondary N) is 1. The number of thioether (sulfide) groups is 1. The third-order valence-corrected chi connectivity index (χ3v) is 6.43. The van der Waals surface area contributed by atoms with Gasteiger partial charge in [0.2, 0.25) is 0 Å². The first-order valence-corrected chi connectivity index (χ1v) is 12.5. The van der Waals surface area contributed by atoms with E-state index >= 15 is 0 Å². The van der Waals surface area contributed by atoms with Crippen LogP contribution in [-0.4, -0.2) is 27.5 Å². The molecule has 0 saturated heterocycles. The van der Waals surface area contributed by atoms with Gasteiger partial charge in [0.15, 0.2) is 0 Å². The molecule has 1 heterocycles. The summed E-state index contributed by atoms with van der Waals surface area (Å²) in [6, 6.07) is 21.7. The van der Waals surface area contributed by atoms with E-state index < -0.39 is 0 Å². The zero-order valence-electron chi connectivity index (χ0n) is 17.6. The van der Waals surface area contributed by atoms with Gasteiger partial charge in [0.1, 0.15) is 11.6 Å². The van der Waals surface area contributed by atoms with Crippen molar-refractivity contribution < 1.29 is 9.18 Å². The van der Waals surface area contributed by atoms with Gasteiger partial charge in [-0.05, 0) is 54.8 Å². The van der Waals surface area contributed by atoms with Gasteiger partial charge in [-0.3, -0.25) is 4.79 Å². The SMILES string of the molecule is CSCC[C@H](NC(=O)c1ccccc1)c1nc2ccccc2n1Cc1ccc(Br)cc1F. The summed E-state index contributed by atoms with van der Waals surface area (Å²) in [5.41, 5.74) is 2.90. The van der Waals surface area contributed by atoms with Crippen molar-refractivity contribution in [3.63, 3.8) is 0 Å². The number of imidazole rings is 1. The van der Waals surface area contributed by atoms with Crippen LogP contribution in [0.15, 0.2) is 77.3 Å². The highest BCUT2D eigenvalue weighted by Crippen LogP contribution is 2.27. The number of hydrogen-bond acceptors (Lipinski definition) is 3. The van der Waals surface area contributed by atoms with Crippen molar-refractivity contribution in [1.82, 2.24) is 14.9 Å². The Balaban J connectivity index is 1.75. The summed E-state index contributed by atoms with van der Waals surface area (Å²) in [6.07, 6.45) is 2.75. The number of nitrogens with zero attached hydrogens (tertiary/aromatic N) is 2. The minimum absolute atomic E-state index is 0.148. The molecule has 0 saturated carbocycles. The standard InChI is InChI=1S/C25H23BrFN3OS/c1-32-14-13-22(29-25(31)17-7-3-2-4-8-17)24-28-21-9-5-6-10-23(21)30(24)16-18-11-12-19(26)15-20(18)27/h2-12,15,22H,13-14,16H2,1H3,(H,29,31)/t22-/m0/s1. The molecule has 7 heteroatoms. The van der Waals surface area contributed by atoms with Gasteiger partial charge in [0, 0.05) is 15.6 Å². The number of aromatic nitrogens is 2. The first-order valence-electron chi connectivity index (χ1n) is 10.3. The molecule has 0 aliphatic heterocycles. The maximum Gasteiger partial charge on any atom is 0.251 e. The summed E-state index contributed by atoms with van der Waals surface area (Å²) in [4.78, 5) is 17.8. The van der Waals surface area contributed by atoms with Crippen LogP contribution in [0.2, 0.25) is 0 Å². The van der Waals surface area contributed by atoms with Crippen molar-refractivity contribution in [3.05, 3.63) is 100 Å². The molecule has 1 atom stereocenters. The minimum atomic E-state index is -0.305. The number of carbonyl (C=O) groups is 1. The Kier molecular flexibility index (Phi) is 7.27. The zero-order chi connectivity index (χ0) is 22.5. The predicted molar refractivity (Wildman–Crippen MR) is 133 cm³/mol. The summed E-state index contributed by atoms with van der Waals surface area (Å²) < 4.78 is 17.4. The summed E-state index contributed by atoms with van der Waals surface area (Å²) in [5.74, 6) is 1.16. The lowest BCUT2D eigenvalue weighted by molar-refractivity contribution is 0.0933. The van der Waals surface area contributed by atoms with Crippen LogP contribution in [-0.2, 0) is 6.54 Å². The molecule has 0 aliphatic rings. The Labute approximate surface area is 199 Å². The van der Waals surface area contributed by atoms with E-state index in [0.29, 0.717) is 28.6 Å². The van der Waals surface area contributed by atoms with Crippen LogP contribution in [0.3, 0.4) is 0 Å². The maximum atomic E-state index is 14.7. The summed E-state index contributed by atoms with van der Waals surface area (Å²) in [5, 5.41) is 3.16. The van der Waals surface area contributed by atoms with Gasteiger partial charge in [-0.1, -0.05) is 52.3 Å². The van der Waals surface area contributed by atoms with Crippen molar-refractivity contribution in [2.45, 2.75) is 19.0 Å². The van der Waals surface area contributed by atoms with E-state index in [1.54, 1.807) is 30.0 Å². The topological polar surface area (TPSA) is 46.9 Å². The number of fused-ring (bicyclic) bond motifs is 1. The molecule has 0 bridgehead atoms. The molecular formula is C25H23BrFN3OS. The smallest absolute Gasteiger partial charge is 0.251 e. The van der Waals surface area contributed by atoms with Crippen LogP contribution in [0.1, 0.15) is 34.2 Å². The third kappa shape index (κ3) is 5.05. The lowest BCUT2D eigenvalue weighted by atomic mass is 10.1. The van der Waals surface area contributed by atoms with Gasteiger partial charge in [0.05, 0.1) is 23.6 Å². The Morgan fingerprint density at radius 3 is 2.62 bits per heavy atom. The second-order valence-corrected chi connectivity index (χ2v) is 9.36. The number of rotatable bonds is 8. The Morgan fingerprint density at radius 1 is 1.12 bits per heavy atom. The number of para-hydroxylation sites is 2. The van der Waals surface area contributed by atoms with Gasteiger partial charge in [-0.2, -0.15) is 11.8 Å². The highest BCUT2D eigenvalue weighted by Gasteiger charge is 2.23. The number of hydrogen-bond donors (Lipinski definition) is 1. The van der Waals surface area contributed by atoms with E-state index in [4.69, 9.17) is 4.98 Å². The molecule has 1 aromatic heterocycles. The molecule has 4 rings (SSSR count). The Bertz CT molecular complexity index is 1230. The fraction of sp³-hybridized carbons (Fsp3) is 0.200. The van der Waals surface area contributed by atoms with Crippen LogP contribution in [0.5, 0.6) is 0 Å². The molecule has 4 nitrogen and oxygen atoms in total. The molecule has 0 aliphatic carbocycles. The predicted octanol–water partition coefficient (Wildman–Crippen LogP) is 6.21. The van der Waals surface area contributed by atoms with Crippen molar-refractivity contribution in [3.8, 4) is 0 Å². The molecule has 3 aromatic carbocycles. The second kappa shape index (κ2) is 10.3. The fourth-order valence-corrected chi connectivity index (χ4v) is 4.48. The first-order chi connectivity index (χ1) is 15.6. The minimum Gasteiger partial charge on any atom is -0.342 e. The van der Waals surface area contributed by atoms with Gasteiger partial charge in [0.25, 0.3) is 5.91 Å². The molecule has 0 spiro atoms. The van der Waals surface area contributed by atoms with E-state index in [2.05, 4.69) is 21.2 Å². The lowest BCUT2D eigenvalue weighted by Gasteiger charge is -2.20. The van der Waals surface area contributed by atoms with E-state index in [9.17, 15) is 9.18 Å². The van der Waals surface area contributed by atoms with Gasteiger partial charge < -0.3 is 9.88 Å². The molecule has 0 unspecified atom stereocenters. The largest absolute Gasteiger partial charge is 0.342 e. The maximum absolute atomic E-state index is 14.7. The zero-order valence-corrected chi connectivity index (χ0v) is 20.0. The van der Waals surface area contributed by atoms with Gasteiger partial charge in [-0.25, -0.2) is 9.37 Å². The van der Waals surface area contributed by atoms with Crippen molar-refractivity contribution in [2.75, 3.05) is 12.0 Å². The number of benzene rings is 3. The van der Waals surface area contributed by atoms with Crippen LogP contribution in [0, 0.1) is 5.82 Å². The van der Waals surface area contributed by atoms with Crippen LogP contribution in [0.25, 0.3) is 11.0 Å². The molecular weight excluding hydrogens is 489 g/mol. The highest BCUT2D eigenvalue weighted by molar-refractivity contribution is 9.10. The summed E-state index contributed by atoms with van der Waals surface area (Å²) >= 11 is 5.04. The quantitative estimate of drug-likeness (QED) is 0.305. The monoisotopic (exact) mass is 511 g/mol. The van der Waals surface area contributed by atoms with E-state index in [1.807, 2.05) is 59.4 Å². The van der Waals surface area contributed by atoms with Gasteiger partial charge in [-0.15, -0.1) is 0 Å². The van der Waals surface area contributed by atoms with E-state index in [0.717, 1.165) is 22.6 Å². The molecule has 1 amide bonds. The fourth-order valence-electron chi connectivity index (χ4n) is 3.68. The number of halogens is 2. The second-order valence-electron chi connectivity index (χ2n) is 7.45. The Hall–Kier alpha value is -2.64. The van der Waals surface area contributed by atoms with Crippen molar-refractivity contribution >= 4 is 44.6 Å². The first kappa shape index (κ1) is 22.6. The lowest BCUT2D eigenvalue weighted by Crippen LogP contribution is -2.31. The molecule has 32 heavy (non-hydrogen) atoms. The normalized spacial score (nSPS) is 12.1. The van der Waals surface area contributed by atoms with Crippen molar-refractivity contribution in [1.29, 1.82) is 0 Å². The van der Waals surface area contributed by atoms with Crippen LogP contribution >= 0.6 is 27.7 Å². The van der Waals surface area contributed by atoms with Crippen LogP contribution in [0.4, 0.5) is 4.39 Å².